The number of amides is 1. The second kappa shape index (κ2) is 7.19. The Balaban J connectivity index is 1.69. The van der Waals surface area contributed by atoms with Crippen LogP contribution in [0.3, 0.4) is 0 Å². The summed E-state index contributed by atoms with van der Waals surface area (Å²) in [5, 5.41) is 7.64. The third kappa shape index (κ3) is 3.46. The predicted octanol–water partition coefficient (Wildman–Crippen LogP) is 3.84. The molecule has 7 heteroatoms. The second-order valence-corrected chi connectivity index (χ2v) is 6.38. The van der Waals surface area contributed by atoms with Crippen molar-refractivity contribution in [2.75, 3.05) is 0 Å². The molecule has 4 rings (SSSR count). The molecule has 2 aromatic carbocycles. The average Bonchev–Trinajstić information content (AvgIpc) is 3.08. The summed E-state index contributed by atoms with van der Waals surface area (Å²) < 4.78 is 27.9. The van der Waals surface area contributed by atoms with Gasteiger partial charge in [0.15, 0.2) is 5.65 Å². The van der Waals surface area contributed by atoms with E-state index in [4.69, 9.17) is 0 Å². The van der Waals surface area contributed by atoms with Crippen LogP contribution in [0.2, 0.25) is 0 Å². The summed E-state index contributed by atoms with van der Waals surface area (Å²) in [6.45, 7) is 0.259. The minimum atomic E-state index is -0.345. The Morgan fingerprint density at radius 3 is 2.36 bits per heavy atom. The Morgan fingerprint density at radius 1 is 1.04 bits per heavy atom. The van der Waals surface area contributed by atoms with Gasteiger partial charge in [-0.3, -0.25) is 9.48 Å². The van der Waals surface area contributed by atoms with Gasteiger partial charge >= 0.3 is 0 Å². The van der Waals surface area contributed by atoms with Crippen LogP contribution in [0.1, 0.15) is 15.9 Å². The van der Waals surface area contributed by atoms with Crippen molar-refractivity contribution in [2.45, 2.75) is 6.54 Å². The number of hydrogen-bond donors (Lipinski definition) is 1. The molecule has 0 aliphatic rings. The van der Waals surface area contributed by atoms with Gasteiger partial charge in [-0.25, -0.2) is 13.8 Å². The molecule has 0 radical (unpaired) electrons. The molecule has 0 fully saturated rings. The first-order valence-electron chi connectivity index (χ1n) is 8.62. The molecule has 0 saturated heterocycles. The van der Waals surface area contributed by atoms with E-state index >= 15 is 0 Å². The molecular formula is C21H16F2N4O. The fraction of sp³-hybridized carbons (Fsp3) is 0.0952. The molecule has 4 aromatic rings. The number of pyridine rings is 1. The SMILES string of the molecule is Cn1ncc2c(C(=O)NCc3ccc(F)cc3)cc(-c3ccc(F)cc3)nc21. The fourth-order valence-electron chi connectivity index (χ4n) is 2.95. The lowest BCUT2D eigenvalue weighted by Crippen LogP contribution is -2.23. The van der Waals surface area contributed by atoms with Crippen molar-refractivity contribution in [1.29, 1.82) is 0 Å². The molecule has 1 amide bonds. The number of aryl methyl sites for hydroxylation is 1. The third-order valence-corrected chi connectivity index (χ3v) is 4.46. The summed E-state index contributed by atoms with van der Waals surface area (Å²) in [6, 6.07) is 13.5. The van der Waals surface area contributed by atoms with E-state index in [0.29, 0.717) is 27.9 Å². The molecule has 0 aliphatic carbocycles. The number of nitrogens with one attached hydrogen (secondary N) is 1. The van der Waals surface area contributed by atoms with E-state index in [2.05, 4.69) is 15.4 Å². The van der Waals surface area contributed by atoms with Gasteiger partial charge in [-0.15, -0.1) is 0 Å². The summed E-state index contributed by atoms with van der Waals surface area (Å²) in [6.07, 6.45) is 1.59. The molecule has 0 spiro atoms. The zero-order valence-corrected chi connectivity index (χ0v) is 15.0. The van der Waals surface area contributed by atoms with Gasteiger partial charge in [0.1, 0.15) is 11.6 Å². The van der Waals surface area contributed by atoms with Crippen molar-refractivity contribution in [1.82, 2.24) is 20.1 Å². The lowest BCUT2D eigenvalue weighted by molar-refractivity contribution is 0.0952. The molecule has 2 heterocycles. The number of aromatic nitrogens is 3. The molecule has 2 aromatic heterocycles. The highest BCUT2D eigenvalue weighted by Crippen LogP contribution is 2.25. The third-order valence-electron chi connectivity index (χ3n) is 4.46. The summed E-state index contributed by atoms with van der Waals surface area (Å²) in [5.41, 5.74) is 2.98. The summed E-state index contributed by atoms with van der Waals surface area (Å²) in [4.78, 5) is 17.4. The number of hydrogen-bond acceptors (Lipinski definition) is 3. The average molecular weight is 378 g/mol. The smallest absolute Gasteiger partial charge is 0.252 e. The largest absolute Gasteiger partial charge is 0.348 e. The van der Waals surface area contributed by atoms with Gasteiger partial charge in [0.2, 0.25) is 0 Å². The van der Waals surface area contributed by atoms with Crippen molar-refractivity contribution in [3.63, 3.8) is 0 Å². The number of halogens is 2. The highest BCUT2D eigenvalue weighted by Gasteiger charge is 2.16. The highest BCUT2D eigenvalue weighted by molar-refractivity contribution is 6.06. The van der Waals surface area contributed by atoms with Crippen LogP contribution in [0.15, 0.2) is 60.8 Å². The van der Waals surface area contributed by atoms with Crippen LogP contribution in [0.25, 0.3) is 22.3 Å². The van der Waals surface area contributed by atoms with Crippen molar-refractivity contribution in [2.24, 2.45) is 7.05 Å². The molecule has 0 unspecified atom stereocenters. The van der Waals surface area contributed by atoms with E-state index in [0.717, 1.165) is 5.56 Å². The first-order chi connectivity index (χ1) is 13.5. The quantitative estimate of drug-likeness (QED) is 0.587. The molecule has 5 nitrogen and oxygen atoms in total. The number of carbonyl (C=O) groups is 1. The molecule has 0 saturated carbocycles. The van der Waals surface area contributed by atoms with Crippen molar-refractivity contribution in [3.05, 3.63) is 83.6 Å². The summed E-state index contributed by atoms with van der Waals surface area (Å²) in [7, 11) is 1.74. The van der Waals surface area contributed by atoms with E-state index in [1.807, 2.05) is 0 Å². The molecule has 0 aliphatic heterocycles. The molecular weight excluding hydrogens is 362 g/mol. The molecule has 1 N–H and O–H groups in total. The number of carbonyl (C=O) groups excluding carboxylic acids is 1. The van der Waals surface area contributed by atoms with Gasteiger partial charge < -0.3 is 5.32 Å². The standard InChI is InChI=1S/C21H16F2N4O/c1-27-20-18(12-25-27)17(10-19(26-20)14-4-8-16(23)9-5-14)21(28)24-11-13-2-6-15(22)7-3-13/h2-10,12H,11H2,1H3,(H,24,28). The highest BCUT2D eigenvalue weighted by atomic mass is 19.1. The molecule has 140 valence electrons. The van der Waals surface area contributed by atoms with Crippen molar-refractivity contribution < 1.29 is 13.6 Å². The summed E-state index contributed by atoms with van der Waals surface area (Å²) >= 11 is 0. The van der Waals surface area contributed by atoms with Gasteiger partial charge in [0.05, 0.1) is 22.8 Å². The normalized spacial score (nSPS) is 11.0. The van der Waals surface area contributed by atoms with E-state index in [1.54, 1.807) is 48.3 Å². The lowest BCUT2D eigenvalue weighted by Gasteiger charge is -2.09. The second-order valence-electron chi connectivity index (χ2n) is 6.38. The minimum Gasteiger partial charge on any atom is -0.348 e. The van der Waals surface area contributed by atoms with Crippen molar-refractivity contribution in [3.8, 4) is 11.3 Å². The lowest BCUT2D eigenvalue weighted by atomic mass is 10.1. The van der Waals surface area contributed by atoms with Crippen LogP contribution < -0.4 is 5.32 Å². The van der Waals surface area contributed by atoms with Crippen LogP contribution in [0.5, 0.6) is 0 Å². The zero-order chi connectivity index (χ0) is 19.7. The Hall–Kier alpha value is -3.61. The van der Waals surface area contributed by atoms with Gasteiger partial charge in [-0.2, -0.15) is 5.10 Å². The van der Waals surface area contributed by atoms with E-state index in [-0.39, 0.29) is 24.1 Å². The van der Waals surface area contributed by atoms with Crippen LogP contribution in [0.4, 0.5) is 8.78 Å². The fourth-order valence-corrected chi connectivity index (χ4v) is 2.95. The maximum Gasteiger partial charge on any atom is 0.252 e. The Labute approximate surface area is 159 Å². The summed E-state index contributed by atoms with van der Waals surface area (Å²) in [5.74, 6) is -0.971. The minimum absolute atomic E-state index is 0.259. The van der Waals surface area contributed by atoms with Crippen LogP contribution in [-0.4, -0.2) is 20.7 Å². The Bertz CT molecular complexity index is 1150. The maximum atomic E-state index is 13.2. The van der Waals surface area contributed by atoms with Crippen LogP contribution in [-0.2, 0) is 13.6 Å². The van der Waals surface area contributed by atoms with E-state index in [1.165, 1.54) is 24.3 Å². The predicted molar refractivity (Wildman–Crippen MR) is 101 cm³/mol. The molecule has 28 heavy (non-hydrogen) atoms. The maximum absolute atomic E-state index is 13.2. The number of benzene rings is 2. The monoisotopic (exact) mass is 378 g/mol. The Morgan fingerprint density at radius 2 is 1.68 bits per heavy atom. The molecule has 0 atom stereocenters. The van der Waals surface area contributed by atoms with Crippen molar-refractivity contribution >= 4 is 16.9 Å². The number of fused-ring (bicyclic) bond motifs is 1. The van der Waals surface area contributed by atoms with Gasteiger partial charge in [-0.05, 0) is 48.0 Å². The van der Waals surface area contributed by atoms with Crippen LogP contribution in [0, 0.1) is 11.6 Å². The zero-order valence-electron chi connectivity index (χ0n) is 15.0. The molecule has 0 bridgehead atoms. The Kier molecular flexibility index (Phi) is 4.57. The van der Waals surface area contributed by atoms with E-state index < -0.39 is 0 Å². The van der Waals surface area contributed by atoms with Gasteiger partial charge in [0.25, 0.3) is 5.91 Å². The van der Waals surface area contributed by atoms with E-state index in [9.17, 15) is 13.6 Å². The van der Waals surface area contributed by atoms with Gasteiger partial charge in [-0.1, -0.05) is 12.1 Å². The van der Waals surface area contributed by atoms with Crippen LogP contribution >= 0.6 is 0 Å². The number of nitrogens with zero attached hydrogens (tertiary/aromatic N) is 3. The van der Waals surface area contributed by atoms with Gasteiger partial charge in [0, 0.05) is 19.2 Å². The first-order valence-corrected chi connectivity index (χ1v) is 8.62. The first kappa shape index (κ1) is 17.8. The number of rotatable bonds is 4. The topological polar surface area (TPSA) is 59.8 Å².